The van der Waals surface area contributed by atoms with Gasteiger partial charge in [0.05, 0.1) is 18.8 Å². The van der Waals surface area contributed by atoms with Crippen molar-refractivity contribution in [2.75, 3.05) is 20.2 Å². The highest BCUT2D eigenvalue weighted by atomic mass is 16.5. The predicted octanol–water partition coefficient (Wildman–Crippen LogP) is 1.29. The fraction of sp³-hybridized carbons (Fsp3) is 0.600. The largest absolute Gasteiger partial charge is 0.495 e. The van der Waals surface area contributed by atoms with Gasteiger partial charge in [0, 0.05) is 31.9 Å². The summed E-state index contributed by atoms with van der Waals surface area (Å²) in [5.74, 6) is 1.05. The maximum absolute atomic E-state index is 12.4. The monoisotopic (exact) mass is 275 g/mol. The van der Waals surface area contributed by atoms with Gasteiger partial charge >= 0.3 is 0 Å². The lowest BCUT2D eigenvalue weighted by Crippen LogP contribution is -2.58. The summed E-state index contributed by atoms with van der Waals surface area (Å²) in [6.07, 6.45) is 4.02. The second-order valence-electron chi connectivity index (χ2n) is 5.59. The van der Waals surface area contributed by atoms with Gasteiger partial charge in [-0.3, -0.25) is 14.7 Å². The van der Waals surface area contributed by atoms with Gasteiger partial charge in [-0.25, -0.2) is 0 Å². The highest BCUT2D eigenvalue weighted by Crippen LogP contribution is 2.27. The standard InChI is InChI=1S/C15H21N3O2/c1-11-15(19)18-8-4-5-12(18)9-17(11)10-13-14(20-2)6-3-7-16-13/h3,6-7,11-12H,4-5,8-10H2,1-2H3/t11-,12+/m0/s1. The zero-order valence-corrected chi connectivity index (χ0v) is 12.1. The Morgan fingerprint density at radius 3 is 3.15 bits per heavy atom. The van der Waals surface area contributed by atoms with Gasteiger partial charge < -0.3 is 9.64 Å². The molecule has 0 aliphatic carbocycles. The molecule has 2 aliphatic heterocycles. The molecule has 0 saturated carbocycles. The second-order valence-corrected chi connectivity index (χ2v) is 5.59. The van der Waals surface area contributed by atoms with Crippen molar-refractivity contribution in [2.24, 2.45) is 0 Å². The van der Waals surface area contributed by atoms with Gasteiger partial charge in [0.25, 0.3) is 0 Å². The first-order chi connectivity index (χ1) is 9.70. The van der Waals surface area contributed by atoms with Crippen LogP contribution in [0.1, 0.15) is 25.5 Å². The van der Waals surface area contributed by atoms with Crippen LogP contribution in [-0.4, -0.2) is 53.0 Å². The highest BCUT2D eigenvalue weighted by molar-refractivity contribution is 5.83. The lowest BCUT2D eigenvalue weighted by Gasteiger charge is -2.41. The molecule has 108 valence electrons. The van der Waals surface area contributed by atoms with Crippen LogP contribution >= 0.6 is 0 Å². The Balaban J connectivity index is 1.78. The summed E-state index contributed by atoms with van der Waals surface area (Å²) < 4.78 is 5.35. The average Bonchev–Trinajstić information content (AvgIpc) is 2.93. The van der Waals surface area contributed by atoms with Crippen LogP contribution in [0.4, 0.5) is 0 Å². The van der Waals surface area contributed by atoms with Crippen molar-refractivity contribution in [3.63, 3.8) is 0 Å². The Labute approximate surface area is 119 Å². The van der Waals surface area contributed by atoms with Crippen LogP contribution in [0.5, 0.6) is 5.75 Å². The van der Waals surface area contributed by atoms with Crippen molar-refractivity contribution < 1.29 is 9.53 Å². The van der Waals surface area contributed by atoms with Crippen LogP contribution in [0.3, 0.4) is 0 Å². The predicted molar refractivity (Wildman–Crippen MR) is 75.4 cm³/mol. The van der Waals surface area contributed by atoms with Gasteiger partial charge in [0.1, 0.15) is 5.75 Å². The Hall–Kier alpha value is -1.62. The molecule has 3 heterocycles. The lowest BCUT2D eigenvalue weighted by molar-refractivity contribution is -0.143. The Morgan fingerprint density at radius 2 is 2.35 bits per heavy atom. The third-order valence-electron chi connectivity index (χ3n) is 4.43. The van der Waals surface area contributed by atoms with E-state index in [2.05, 4.69) is 14.8 Å². The smallest absolute Gasteiger partial charge is 0.239 e. The van der Waals surface area contributed by atoms with Crippen molar-refractivity contribution in [2.45, 2.75) is 38.4 Å². The van der Waals surface area contributed by atoms with Gasteiger partial charge in [-0.2, -0.15) is 0 Å². The summed E-state index contributed by atoms with van der Waals surface area (Å²) in [6.45, 7) is 4.52. The summed E-state index contributed by atoms with van der Waals surface area (Å²) in [6, 6.07) is 4.09. The number of amides is 1. The van der Waals surface area contributed by atoms with E-state index in [0.717, 1.165) is 37.4 Å². The Bertz CT molecular complexity index is 506. The van der Waals surface area contributed by atoms with Crippen molar-refractivity contribution in [3.8, 4) is 5.75 Å². The third kappa shape index (κ3) is 2.26. The van der Waals surface area contributed by atoms with Crippen LogP contribution in [0.15, 0.2) is 18.3 Å². The summed E-state index contributed by atoms with van der Waals surface area (Å²) in [4.78, 5) is 21.1. The molecule has 1 aromatic heterocycles. The molecular formula is C15H21N3O2. The molecule has 5 heteroatoms. The Kier molecular flexibility index (Phi) is 3.61. The molecule has 2 atom stereocenters. The molecule has 1 amide bonds. The van der Waals surface area contributed by atoms with E-state index in [1.54, 1.807) is 13.3 Å². The van der Waals surface area contributed by atoms with E-state index < -0.39 is 0 Å². The van der Waals surface area contributed by atoms with Crippen LogP contribution in [0.2, 0.25) is 0 Å². The number of fused-ring (bicyclic) bond motifs is 1. The van der Waals surface area contributed by atoms with E-state index in [-0.39, 0.29) is 11.9 Å². The van der Waals surface area contributed by atoms with E-state index >= 15 is 0 Å². The zero-order chi connectivity index (χ0) is 14.1. The minimum Gasteiger partial charge on any atom is -0.495 e. The van der Waals surface area contributed by atoms with Crippen molar-refractivity contribution in [1.82, 2.24) is 14.8 Å². The number of carbonyl (C=O) groups is 1. The fourth-order valence-corrected chi connectivity index (χ4v) is 3.26. The molecule has 0 bridgehead atoms. The number of methoxy groups -OCH3 is 1. The first-order valence-electron chi connectivity index (χ1n) is 7.23. The SMILES string of the molecule is COc1cccnc1CN1C[C@H]2CCCN2C(=O)[C@@H]1C. The van der Waals surface area contributed by atoms with Crippen LogP contribution in [-0.2, 0) is 11.3 Å². The number of hydrogen-bond donors (Lipinski definition) is 0. The number of rotatable bonds is 3. The maximum Gasteiger partial charge on any atom is 0.239 e. The minimum atomic E-state index is -0.0731. The van der Waals surface area contributed by atoms with Crippen LogP contribution in [0.25, 0.3) is 0 Å². The summed E-state index contributed by atoms with van der Waals surface area (Å²) in [5.41, 5.74) is 0.904. The molecule has 20 heavy (non-hydrogen) atoms. The van der Waals surface area contributed by atoms with Crippen molar-refractivity contribution in [1.29, 1.82) is 0 Å². The van der Waals surface area contributed by atoms with Gasteiger partial charge in [0.2, 0.25) is 5.91 Å². The molecule has 0 unspecified atom stereocenters. The zero-order valence-electron chi connectivity index (χ0n) is 12.1. The molecule has 2 fully saturated rings. The van der Waals surface area contributed by atoms with Gasteiger partial charge in [-0.05, 0) is 31.9 Å². The van der Waals surface area contributed by atoms with Crippen molar-refractivity contribution >= 4 is 5.91 Å². The molecule has 0 radical (unpaired) electrons. The number of aromatic nitrogens is 1. The third-order valence-corrected chi connectivity index (χ3v) is 4.43. The minimum absolute atomic E-state index is 0.0731. The molecule has 3 rings (SSSR count). The lowest BCUT2D eigenvalue weighted by atomic mass is 10.1. The number of carbonyl (C=O) groups excluding carboxylic acids is 1. The Morgan fingerprint density at radius 1 is 1.50 bits per heavy atom. The number of ether oxygens (including phenoxy) is 1. The van der Waals surface area contributed by atoms with E-state index in [9.17, 15) is 4.79 Å². The maximum atomic E-state index is 12.4. The average molecular weight is 275 g/mol. The van der Waals surface area contributed by atoms with Gasteiger partial charge in [0.15, 0.2) is 0 Å². The van der Waals surface area contributed by atoms with Gasteiger partial charge in [-0.1, -0.05) is 0 Å². The summed E-state index contributed by atoms with van der Waals surface area (Å²) in [5, 5.41) is 0. The molecule has 2 aliphatic rings. The summed E-state index contributed by atoms with van der Waals surface area (Å²) >= 11 is 0. The molecular weight excluding hydrogens is 254 g/mol. The molecule has 0 aromatic carbocycles. The first-order valence-corrected chi connectivity index (χ1v) is 7.23. The normalized spacial score (nSPS) is 26.7. The topological polar surface area (TPSA) is 45.7 Å². The van der Waals surface area contributed by atoms with Crippen LogP contribution < -0.4 is 4.74 Å². The fourth-order valence-electron chi connectivity index (χ4n) is 3.26. The number of hydrogen-bond acceptors (Lipinski definition) is 4. The molecule has 0 spiro atoms. The van der Waals surface area contributed by atoms with E-state index in [1.807, 2.05) is 19.1 Å². The highest BCUT2D eigenvalue weighted by Gasteiger charge is 2.40. The molecule has 0 N–H and O–H groups in total. The second kappa shape index (κ2) is 5.40. The quantitative estimate of drug-likeness (QED) is 0.834. The van der Waals surface area contributed by atoms with E-state index in [0.29, 0.717) is 12.6 Å². The summed E-state index contributed by atoms with van der Waals surface area (Å²) in [7, 11) is 1.66. The van der Waals surface area contributed by atoms with Crippen LogP contribution in [0, 0.1) is 0 Å². The molecule has 5 nitrogen and oxygen atoms in total. The number of nitrogens with zero attached hydrogens (tertiary/aromatic N) is 3. The van der Waals surface area contributed by atoms with E-state index in [1.165, 1.54) is 0 Å². The molecule has 2 saturated heterocycles. The van der Waals surface area contributed by atoms with Crippen molar-refractivity contribution in [3.05, 3.63) is 24.0 Å². The first kappa shape index (κ1) is 13.4. The number of pyridine rings is 1. The number of piperazine rings is 1. The van der Waals surface area contributed by atoms with E-state index in [4.69, 9.17) is 4.74 Å². The molecule has 1 aromatic rings. The van der Waals surface area contributed by atoms with Gasteiger partial charge in [-0.15, -0.1) is 0 Å².